The molecule has 1 N–H and O–H groups in total. The minimum atomic E-state index is 0.259. The van der Waals surface area contributed by atoms with E-state index in [2.05, 4.69) is 35.1 Å². The Labute approximate surface area is 120 Å². The molecule has 20 heavy (non-hydrogen) atoms. The van der Waals surface area contributed by atoms with Crippen molar-refractivity contribution in [2.45, 2.75) is 32.9 Å². The molecule has 2 unspecified atom stereocenters. The number of pyridine rings is 1. The molecule has 0 aliphatic carbocycles. The van der Waals surface area contributed by atoms with Gasteiger partial charge in [0, 0.05) is 25.2 Å². The molecule has 0 bridgehead atoms. The predicted molar refractivity (Wildman–Crippen MR) is 78.6 cm³/mol. The van der Waals surface area contributed by atoms with Crippen molar-refractivity contribution >= 4 is 5.82 Å². The number of nitriles is 1. The Hall–Kier alpha value is -1.64. The maximum Gasteiger partial charge on any atom is 0.145 e. The summed E-state index contributed by atoms with van der Waals surface area (Å²) >= 11 is 0. The number of nitrogens with zero attached hydrogens (tertiary/aromatic N) is 3. The third-order valence-electron chi connectivity index (χ3n) is 3.92. The molecule has 1 fully saturated rings. The van der Waals surface area contributed by atoms with Crippen molar-refractivity contribution in [2.75, 3.05) is 31.6 Å². The summed E-state index contributed by atoms with van der Waals surface area (Å²) in [4.78, 5) is 6.76. The minimum Gasteiger partial charge on any atom is -0.379 e. The monoisotopic (exact) mass is 274 g/mol. The van der Waals surface area contributed by atoms with Crippen LogP contribution in [0, 0.1) is 18.3 Å². The fourth-order valence-corrected chi connectivity index (χ4v) is 2.38. The molecule has 1 aliphatic heterocycles. The van der Waals surface area contributed by atoms with E-state index in [0.29, 0.717) is 11.7 Å². The number of hydrogen-bond acceptors (Lipinski definition) is 5. The highest BCUT2D eigenvalue weighted by atomic mass is 16.5. The van der Waals surface area contributed by atoms with Crippen LogP contribution in [0.25, 0.3) is 0 Å². The summed E-state index contributed by atoms with van der Waals surface area (Å²) in [5.74, 6) is 0.764. The first-order chi connectivity index (χ1) is 9.61. The molecular weight excluding hydrogens is 252 g/mol. The van der Waals surface area contributed by atoms with Gasteiger partial charge in [-0.2, -0.15) is 5.26 Å². The molecule has 108 valence electrons. The smallest absolute Gasteiger partial charge is 0.145 e. The summed E-state index contributed by atoms with van der Waals surface area (Å²) < 4.78 is 5.38. The first kappa shape index (κ1) is 14.8. The zero-order valence-electron chi connectivity index (χ0n) is 12.4. The van der Waals surface area contributed by atoms with Gasteiger partial charge >= 0.3 is 0 Å². The van der Waals surface area contributed by atoms with E-state index in [1.165, 1.54) is 0 Å². The van der Waals surface area contributed by atoms with Crippen molar-refractivity contribution in [3.63, 3.8) is 0 Å². The van der Waals surface area contributed by atoms with Gasteiger partial charge in [0.1, 0.15) is 17.6 Å². The molecule has 0 radical (unpaired) electrons. The Balaban J connectivity index is 2.00. The van der Waals surface area contributed by atoms with E-state index < -0.39 is 0 Å². The lowest BCUT2D eigenvalue weighted by Crippen LogP contribution is -2.48. The highest BCUT2D eigenvalue weighted by Gasteiger charge is 2.22. The Morgan fingerprint density at radius 3 is 2.70 bits per heavy atom. The molecule has 5 nitrogen and oxygen atoms in total. The third kappa shape index (κ3) is 3.47. The zero-order valence-corrected chi connectivity index (χ0v) is 12.4. The fraction of sp³-hybridized carbons (Fsp3) is 0.600. The zero-order chi connectivity index (χ0) is 14.5. The number of rotatable bonds is 4. The van der Waals surface area contributed by atoms with Crippen LogP contribution in [-0.2, 0) is 4.74 Å². The van der Waals surface area contributed by atoms with Crippen molar-refractivity contribution in [3.8, 4) is 6.07 Å². The highest BCUT2D eigenvalue weighted by molar-refractivity contribution is 5.43. The Morgan fingerprint density at radius 2 is 2.05 bits per heavy atom. The van der Waals surface area contributed by atoms with Crippen LogP contribution >= 0.6 is 0 Å². The van der Waals surface area contributed by atoms with E-state index in [0.717, 1.165) is 37.7 Å². The first-order valence-electron chi connectivity index (χ1n) is 7.08. The predicted octanol–water partition coefficient (Wildman–Crippen LogP) is 1.78. The molecule has 0 aromatic carbocycles. The third-order valence-corrected chi connectivity index (χ3v) is 3.92. The van der Waals surface area contributed by atoms with E-state index in [9.17, 15) is 0 Å². The standard InChI is InChI=1S/C15H22N4O/c1-11-4-5-15(18-14(11)10-16)17-12(2)13(3)19-6-8-20-9-7-19/h4-5,12-13H,6-9H2,1-3H3,(H,17,18). The van der Waals surface area contributed by atoms with E-state index >= 15 is 0 Å². The van der Waals surface area contributed by atoms with Gasteiger partial charge < -0.3 is 10.1 Å². The second kappa shape index (κ2) is 6.69. The maximum absolute atomic E-state index is 9.03. The van der Waals surface area contributed by atoms with Gasteiger partial charge in [-0.05, 0) is 32.4 Å². The van der Waals surface area contributed by atoms with Gasteiger partial charge in [-0.15, -0.1) is 0 Å². The summed E-state index contributed by atoms with van der Waals surface area (Å²) in [6, 6.07) is 6.64. The summed E-state index contributed by atoms with van der Waals surface area (Å²) in [5, 5.41) is 12.4. The number of aromatic nitrogens is 1. The molecule has 0 saturated carbocycles. The van der Waals surface area contributed by atoms with Gasteiger partial charge in [0.2, 0.25) is 0 Å². The van der Waals surface area contributed by atoms with Crippen molar-refractivity contribution in [2.24, 2.45) is 0 Å². The molecule has 1 aromatic heterocycles. The normalized spacial score (nSPS) is 19.1. The van der Waals surface area contributed by atoms with Crippen LogP contribution in [-0.4, -0.2) is 48.3 Å². The number of hydrogen-bond donors (Lipinski definition) is 1. The Morgan fingerprint density at radius 1 is 1.35 bits per heavy atom. The van der Waals surface area contributed by atoms with Gasteiger partial charge in [0.25, 0.3) is 0 Å². The van der Waals surface area contributed by atoms with Crippen LogP contribution in [0.4, 0.5) is 5.82 Å². The van der Waals surface area contributed by atoms with Crippen LogP contribution < -0.4 is 5.32 Å². The van der Waals surface area contributed by atoms with Crippen LogP contribution in [0.3, 0.4) is 0 Å². The van der Waals surface area contributed by atoms with Crippen molar-refractivity contribution in [1.82, 2.24) is 9.88 Å². The number of anilines is 1. The molecule has 0 amide bonds. The van der Waals surface area contributed by atoms with Crippen molar-refractivity contribution in [3.05, 3.63) is 23.4 Å². The topological polar surface area (TPSA) is 61.2 Å². The summed E-state index contributed by atoms with van der Waals surface area (Å²) in [6.45, 7) is 9.80. The lowest BCUT2D eigenvalue weighted by atomic mass is 10.1. The molecule has 0 spiro atoms. The maximum atomic E-state index is 9.03. The van der Waals surface area contributed by atoms with E-state index in [-0.39, 0.29) is 6.04 Å². The quantitative estimate of drug-likeness (QED) is 0.907. The van der Waals surface area contributed by atoms with Gasteiger partial charge in [-0.3, -0.25) is 4.90 Å². The van der Waals surface area contributed by atoms with Crippen LogP contribution in [0.1, 0.15) is 25.1 Å². The summed E-state index contributed by atoms with van der Waals surface area (Å²) in [7, 11) is 0. The van der Waals surface area contributed by atoms with Crippen LogP contribution in [0.15, 0.2) is 12.1 Å². The molecule has 1 saturated heterocycles. The van der Waals surface area contributed by atoms with Crippen molar-refractivity contribution < 1.29 is 4.74 Å². The summed E-state index contributed by atoms with van der Waals surface area (Å²) in [6.07, 6.45) is 0. The minimum absolute atomic E-state index is 0.259. The van der Waals surface area contributed by atoms with Gasteiger partial charge in [0.15, 0.2) is 0 Å². The lowest BCUT2D eigenvalue weighted by Gasteiger charge is -2.36. The average Bonchev–Trinajstić information content (AvgIpc) is 2.49. The largest absolute Gasteiger partial charge is 0.379 e. The van der Waals surface area contributed by atoms with Gasteiger partial charge in [-0.25, -0.2) is 4.98 Å². The molecule has 5 heteroatoms. The van der Waals surface area contributed by atoms with Gasteiger partial charge in [0.05, 0.1) is 13.2 Å². The highest BCUT2D eigenvalue weighted by Crippen LogP contribution is 2.14. The van der Waals surface area contributed by atoms with E-state index in [1.54, 1.807) is 0 Å². The van der Waals surface area contributed by atoms with Gasteiger partial charge in [-0.1, -0.05) is 6.07 Å². The molecule has 2 atom stereocenters. The molecular formula is C15H22N4O. The number of morpholine rings is 1. The SMILES string of the molecule is Cc1ccc(NC(C)C(C)N2CCOCC2)nc1C#N. The fourth-order valence-electron chi connectivity index (χ4n) is 2.38. The second-order valence-electron chi connectivity index (χ2n) is 5.30. The average molecular weight is 274 g/mol. The van der Waals surface area contributed by atoms with Crippen molar-refractivity contribution in [1.29, 1.82) is 5.26 Å². The molecule has 1 aliphatic rings. The van der Waals surface area contributed by atoms with Crippen LogP contribution in [0.2, 0.25) is 0 Å². The Kier molecular flexibility index (Phi) is 4.94. The first-order valence-corrected chi connectivity index (χ1v) is 7.08. The molecule has 2 heterocycles. The van der Waals surface area contributed by atoms with Crippen LogP contribution in [0.5, 0.6) is 0 Å². The Bertz CT molecular complexity index is 491. The van der Waals surface area contributed by atoms with E-state index in [4.69, 9.17) is 10.00 Å². The summed E-state index contributed by atoms with van der Waals surface area (Å²) in [5.41, 5.74) is 1.40. The number of nitrogens with one attached hydrogen (secondary N) is 1. The van der Waals surface area contributed by atoms with E-state index in [1.807, 2.05) is 19.1 Å². The second-order valence-corrected chi connectivity index (χ2v) is 5.30. The molecule has 1 aromatic rings. The lowest BCUT2D eigenvalue weighted by molar-refractivity contribution is 0.0176. The number of aryl methyl sites for hydroxylation is 1. The molecule has 2 rings (SSSR count). The number of ether oxygens (including phenoxy) is 1.